The van der Waals surface area contributed by atoms with Gasteiger partial charge in [0.25, 0.3) is 0 Å². The fourth-order valence-corrected chi connectivity index (χ4v) is 3.31. The summed E-state index contributed by atoms with van der Waals surface area (Å²) in [6.45, 7) is 2.00. The molecule has 0 aromatic heterocycles. The Morgan fingerprint density at radius 3 is 2.45 bits per heavy atom. The Morgan fingerprint density at radius 1 is 1.10 bits per heavy atom. The van der Waals surface area contributed by atoms with Gasteiger partial charge in [-0.1, -0.05) is 23.2 Å². The number of alkyl halides is 3. The van der Waals surface area contributed by atoms with E-state index in [1.807, 2.05) is 0 Å². The highest BCUT2D eigenvalue weighted by Crippen LogP contribution is 2.38. The van der Waals surface area contributed by atoms with Gasteiger partial charge in [-0.25, -0.2) is 0 Å². The summed E-state index contributed by atoms with van der Waals surface area (Å²) in [4.78, 5) is 11.4. The van der Waals surface area contributed by atoms with Crippen molar-refractivity contribution in [2.24, 2.45) is 0 Å². The van der Waals surface area contributed by atoms with E-state index in [1.54, 1.807) is 6.92 Å². The molecule has 0 fully saturated rings. The fourth-order valence-electron chi connectivity index (χ4n) is 2.16. The summed E-state index contributed by atoms with van der Waals surface area (Å²) in [5, 5.41) is -0.164. The van der Waals surface area contributed by atoms with Crippen molar-refractivity contribution in [1.82, 2.24) is 0 Å². The third-order valence-corrected chi connectivity index (χ3v) is 5.33. The molecule has 0 aliphatic carbocycles. The number of methoxy groups -OCH3 is 1. The Kier molecular flexibility index (Phi) is 8.36. The zero-order valence-electron chi connectivity index (χ0n) is 15.4. The summed E-state index contributed by atoms with van der Waals surface area (Å²) in [7, 11) is 1.32. The van der Waals surface area contributed by atoms with Gasteiger partial charge in [-0.15, -0.1) is 11.8 Å². The third kappa shape index (κ3) is 6.90. The standard InChI is InChI=1S/C19H17Cl2F3O4S/c1-11(18(25)26-2)29-8-7-27-17-10-13(4-5-14(17)20)28-16-6-3-12(9-15(16)21)19(22,23)24/h3-6,9-11H,7-8H2,1-2H3. The van der Waals surface area contributed by atoms with E-state index < -0.39 is 11.7 Å². The van der Waals surface area contributed by atoms with Crippen molar-refractivity contribution in [1.29, 1.82) is 0 Å². The lowest BCUT2D eigenvalue weighted by molar-refractivity contribution is -0.139. The normalized spacial score (nSPS) is 12.4. The zero-order valence-corrected chi connectivity index (χ0v) is 17.7. The molecule has 0 radical (unpaired) electrons. The first-order chi connectivity index (χ1) is 13.6. The molecular weight excluding hydrogens is 452 g/mol. The van der Waals surface area contributed by atoms with Crippen LogP contribution in [0.5, 0.6) is 17.2 Å². The van der Waals surface area contributed by atoms with Crippen LogP contribution < -0.4 is 9.47 Å². The maximum absolute atomic E-state index is 12.7. The Balaban J connectivity index is 2.01. The smallest absolute Gasteiger partial charge is 0.416 e. The summed E-state index contributed by atoms with van der Waals surface area (Å²) >= 11 is 13.4. The van der Waals surface area contributed by atoms with Crippen LogP contribution in [0.2, 0.25) is 10.0 Å². The van der Waals surface area contributed by atoms with Crippen LogP contribution in [0, 0.1) is 0 Å². The summed E-state index contributed by atoms with van der Waals surface area (Å²) < 4.78 is 54.0. The van der Waals surface area contributed by atoms with E-state index in [2.05, 4.69) is 4.74 Å². The van der Waals surface area contributed by atoms with Crippen molar-refractivity contribution < 1.29 is 32.2 Å². The minimum absolute atomic E-state index is 0.0652. The number of benzene rings is 2. The van der Waals surface area contributed by atoms with Crippen molar-refractivity contribution in [2.75, 3.05) is 19.5 Å². The van der Waals surface area contributed by atoms with Crippen LogP contribution in [0.1, 0.15) is 12.5 Å². The SMILES string of the molecule is COC(=O)C(C)SCCOc1cc(Oc2ccc(C(F)(F)F)cc2Cl)ccc1Cl. The van der Waals surface area contributed by atoms with Crippen LogP contribution >= 0.6 is 35.0 Å². The van der Waals surface area contributed by atoms with E-state index in [4.69, 9.17) is 32.7 Å². The van der Waals surface area contributed by atoms with Crippen molar-refractivity contribution in [2.45, 2.75) is 18.3 Å². The highest BCUT2D eigenvalue weighted by atomic mass is 35.5. The van der Waals surface area contributed by atoms with E-state index in [1.165, 1.54) is 37.1 Å². The van der Waals surface area contributed by atoms with E-state index in [0.717, 1.165) is 18.2 Å². The van der Waals surface area contributed by atoms with Crippen LogP contribution in [0.15, 0.2) is 36.4 Å². The number of rotatable bonds is 8. The quantitative estimate of drug-likeness (QED) is 0.327. The van der Waals surface area contributed by atoms with Crippen molar-refractivity contribution in [3.05, 3.63) is 52.0 Å². The first-order valence-corrected chi connectivity index (χ1v) is 10.1. The average Bonchev–Trinajstić information content (AvgIpc) is 2.67. The Labute approximate surface area is 180 Å². The minimum atomic E-state index is -4.49. The second-order valence-corrected chi connectivity index (χ2v) is 7.98. The number of carbonyl (C=O) groups excluding carboxylic acids is 1. The Bertz CT molecular complexity index is 862. The van der Waals surface area contributed by atoms with Gasteiger partial charge in [0.1, 0.15) is 17.2 Å². The first-order valence-electron chi connectivity index (χ1n) is 8.28. The fraction of sp³-hybridized carbons (Fsp3) is 0.316. The molecule has 0 aliphatic rings. The summed E-state index contributed by atoms with van der Waals surface area (Å²) in [6.07, 6.45) is -4.49. The molecular formula is C19H17Cl2F3O4S. The predicted octanol–water partition coefficient (Wildman–Crippen LogP) is 6.48. The number of halogens is 5. The lowest BCUT2D eigenvalue weighted by atomic mass is 10.2. The molecule has 29 heavy (non-hydrogen) atoms. The van der Waals surface area contributed by atoms with Gasteiger partial charge >= 0.3 is 12.1 Å². The monoisotopic (exact) mass is 468 g/mol. The van der Waals surface area contributed by atoms with E-state index in [0.29, 0.717) is 22.3 Å². The maximum Gasteiger partial charge on any atom is 0.416 e. The second-order valence-electron chi connectivity index (χ2n) is 5.72. The Morgan fingerprint density at radius 2 is 1.83 bits per heavy atom. The lowest BCUT2D eigenvalue weighted by Crippen LogP contribution is -2.16. The van der Waals surface area contributed by atoms with Gasteiger partial charge in [0.2, 0.25) is 0 Å². The van der Waals surface area contributed by atoms with Gasteiger partial charge in [0.05, 0.1) is 34.6 Å². The molecule has 158 valence electrons. The molecule has 0 heterocycles. The third-order valence-electron chi connectivity index (χ3n) is 3.63. The summed E-state index contributed by atoms with van der Waals surface area (Å²) in [6, 6.07) is 7.40. The van der Waals surface area contributed by atoms with Crippen molar-refractivity contribution in [3.8, 4) is 17.2 Å². The summed E-state index contributed by atoms with van der Waals surface area (Å²) in [5.74, 6) is 0.884. The van der Waals surface area contributed by atoms with Gasteiger partial charge in [0.15, 0.2) is 0 Å². The molecule has 0 saturated heterocycles. The maximum atomic E-state index is 12.7. The molecule has 10 heteroatoms. The van der Waals surface area contributed by atoms with Gasteiger partial charge in [-0.2, -0.15) is 13.2 Å². The van der Waals surface area contributed by atoms with Gasteiger partial charge in [-0.05, 0) is 37.3 Å². The molecule has 0 aliphatic heterocycles. The number of ether oxygens (including phenoxy) is 3. The van der Waals surface area contributed by atoms with Crippen LogP contribution in [-0.2, 0) is 15.7 Å². The van der Waals surface area contributed by atoms with Crippen LogP contribution in [0.4, 0.5) is 13.2 Å². The highest BCUT2D eigenvalue weighted by Gasteiger charge is 2.31. The first kappa shape index (κ1) is 23.5. The number of esters is 1. The predicted molar refractivity (Wildman–Crippen MR) is 107 cm³/mol. The molecule has 0 N–H and O–H groups in total. The average molecular weight is 469 g/mol. The van der Waals surface area contributed by atoms with Gasteiger partial charge in [-0.3, -0.25) is 4.79 Å². The number of hydrogen-bond donors (Lipinski definition) is 0. The highest BCUT2D eigenvalue weighted by molar-refractivity contribution is 8.00. The molecule has 1 atom stereocenters. The number of hydrogen-bond acceptors (Lipinski definition) is 5. The second kappa shape index (κ2) is 10.3. The van der Waals surface area contributed by atoms with E-state index in [-0.39, 0.29) is 28.6 Å². The van der Waals surface area contributed by atoms with E-state index in [9.17, 15) is 18.0 Å². The molecule has 4 nitrogen and oxygen atoms in total. The minimum Gasteiger partial charge on any atom is -0.491 e. The van der Waals surface area contributed by atoms with Gasteiger partial charge in [0, 0.05) is 11.8 Å². The zero-order chi connectivity index (χ0) is 21.6. The largest absolute Gasteiger partial charge is 0.491 e. The van der Waals surface area contributed by atoms with Crippen LogP contribution in [0.25, 0.3) is 0 Å². The molecule has 0 amide bonds. The van der Waals surface area contributed by atoms with E-state index >= 15 is 0 Å². The van der Waals surface area contributed by atoms with Crippen molar-refractivity contribution >= 4 is 40.9 Å². The summed E-state index contributed by atoms with van der Waals surface area (Å²) in [5.41, 5.74) is -0.867. The van der Waals surface area contributed by atoms with Gasteiger partial charge < -0.3 is 14.2 Å². The molecule has 0 spiro atoms. The molecule has 0 bridgehead atoms. The lowest BCUT2D eigenvalue weighted by Gasteiger charge is -2.13. The molecule has 2 rings (SSSR count). The topological polar surface area (TPSA) is 44.8 Å². The Hall–Kier alpha value is -1.77. The van der Waals surface area contributed by atoms with Crippen LogP contribution in [0.3, 0.4) is 0 Å². The van der Waals surface area contributed by atoms with Crippen LogP contribution in [-0.4, -0.2) is 30.7 Å². The molecule has 2 aromatic rings. The molecule has 2 aromatic carbocycles. The van der Waals surface area contributed by atoms with Crippen molar-refractivity contribution in [3.63, 3.8) is 0 Å². The molecule has 0 saturated carbocycles. The molecule has 1 unspecified atom stereocenters. The number of carbonyl (C=O) groups is 1. The number of thioether (sulfide) groups is 1.